The van der Waals surface area contributed by atoms with E-state index in [0.29, 0.717) is 19.4 Å². The molecule has 5 heterocycles. The summed E-state index contributed by atoms with van der Waals surface area (Å²) in [5.74, 6) is -14.7. The number of rotatable bonds is 9. The lowest BCUT2D eigenvalue weighted by Crippen LogP contribution is -2.59. The van der Waals surface area contributed by atoms with Crippen molar-refractivity contribution in [2.45, 2.75) is 80.2 Å². The number of phenolic OH excluding ortho intramolecular Hbond substituents is 4. The van der Waals surface area contributed by atoms with Gasteiger partial charge in [0.05, 0.1) is 17.5 Å². The van der Waals surface area contributed by atoms with Gasteiger partial charge in [-0.05, 0) is 96.2 Å². The number of amides is 7. The summed E-state index contributed by atoms with van der Waals surface area (Å²) in [6.07, 6.45) is -3.96. The van der Waals surface area contributed by atoms with Crippen molar-refractivity contribution < 1.29 is 83.6 Å². The maximum absolute atomic E-state index is 15.3. The van der Waals surface area contributed by atoms with E-state index in [2.05, 4.69) is 31.9 Å². The number of carbonyl (C=O) groups is 8. The summed E-state index contributed by atoms with van der Waals surface area (Å²) < 4.78 is 12.2. The molecule has 19 N–H and O–H groups in total. The van der Waals surface area contributed by atoms with Crippen molar-refractivity contribution in [3.05, 3.63) is 118 Å². The highest BCUT2D eigenvalue weighted by molar-refractivity contribution is 6.32. The number of hydrogen-bond acceptors (Lipinski definition) is 18. The van der Waals surface area contributed by atoms with Crippen LogP contribution in [0, 0.1) is 0 Å². The van der Waals surface area contributed by atoms with Gasteiger partial charge in [-0.1, -0.05) is 42.3 Å². The van der Waals surface area contributed by atoms with Crippen LogP contribution in [0.1, 0.15) is 83.8 Å². The lowest BCUT2D eigenvalue weighted by Gasteiger charge is -2.31. The molecule has 0 aliphatic carbocycles. The first-order chi connectivity index (χ1) is 37.5. The number of fused-ring (bicyclic) bond motifs is 15. The van der Waals surface area contributed by atoms with Gasteiger partial charge in [0.25, 0.3) is 0 Å². The second-order valence-electron chi connectivity index (χ2n) is 18.7. The molecule has 0 aromatic heterocycles. The van der Waals surface area contributed by atoms with Gasteiger partial charge in [0.1, 0.15) is 71.2 Å². The van der Waals surface area contributed by atoms with E-state index in [4.69, 9.17) is 38.3 Å². The SMILES string of the molecule is NCCCC[C@@H](N)C(=O)NC1C(=O)N[C@@H](CC(N)=O)C(=O)NC2C(=O)NC3C(=O)NC(C(=O)NC(C(=O)O)c4cc(O)cc(O)c4-c4cc3ccc4O)C(O)c3ccc(cc3)Oc3cc2cc(c3O)Oc2ccc(cc2Cl)C1O. The Kier molecular flexibility index (Phi) is 16.4. The lowest BCUT2D eigenvalue weighted by atomic mass is 9.89. The molecule has 0 radical (unpaired) electrons. The van der Waals surface area contributed by atoms with Crippen LogP contribution < -0.4 is 58.6 Å². The van der Waals surface area contributed by atoms with E-state index in [1.165, 1.54) is 36.4 Å². The number of benzene rings is 5. The molecular weight excluding hydrogens is 1060 g/mol. The van der Waals surface area contributed by atoms with Crippen molar-refractivity contribution >= 4 is 58.9 Å². The molecule has 10 rings (SSSR count). The zero-order chi connectivity index (χ0) is 57.1. The molecule has 9 atom stereocenters. The van der Waals surface area contributed by atoms with Gasteiger partial charge in [0, 0.05) is 22.8 Å². The highest BCUT2D eigenvalue weighted by atomic mass is 35.5. The molecule has 27 heteroatoms. The van der Waals surface area contributed by atoms with E-state index in [1.54, 1.807) is 0 Å². The van der Waals surface area contributed by atoms with E-state index in [1.807, 2.05) is 0 Å². The van der Waals surface area contributed by atoms with Crippen molar-refractivity contribution in [2.75, 3.05) is 6.54 Å². The lowest BCUT2D eigenvalue weighted by molar-refractivity contribution is -0.143. The molecular formula is C52H52ClN9O17. The molecule has 11 bridgehead atoms. The largest absolute Gasteiger partial charge is 0.508 e. The fourth-order valence-electron chi connectivity index (χ4n) is 9.12. The summed E-state index contributed by atoms with van der Waals surface area (Å²) in [5, 5.41) is 93.1. The number of aliphatic hydroxyl groups is 2. The first kappa shape index (κ1) is 56.0. The Balaban J connectivity index is 1.33. The summed E-state index contributed by atoms with van der Waals surface area (Å²) in [6.45, 7) is 0.297. The molecule has 0 saturated heterocycles. The molecule has 79 heavy (non-hydrogen) atoms. The van der Waals surface area contributed by atoms with Crippen LogP contribution in [0.2, 0.25) is 5.02 Å². The number of carboxylic acids is 1. The molecule has 0 saturated carbocycles. The average molecular weight is 1110 g/mol. The Labute approximate surface area is 451 Å². The molecule has 7 unspecified atom stereocenters. The standard InChI is InChI=1S/C52H52ClN9O17/c53-28-14-22-7-11-33(28)79-35-16-23-15-34(45(35)69)78-25-8-4-20(5-9-25)43(67)41-51(75)60-40(52(76)77)27-17-24(63)18-32(65)37(27)26-13-21(6-10-31(26)64)38(48(72)62-41)59-49(73)39(23)58-47(71)30(19-36(56)66)57-50(74)42(44(22)68)61-46(70)29(55)3-1-2-12-54/h4-11,13-18,29-30,38-44,63-65,67-69H,1-3,12,19,54-55H2,(H2,56,66)(H,57,74)(H,58,71)(H,59,73)(H,60,75)(H,61,70)(H,62,72)(H,76,77)/t29-,30+,38?,39?,40?,41?,42?,43?,44?/m1/s1. The number of aliphatic carboxylic acids is 1. The number of halogens is 1. The first-order valence-electron chi connectivity index (χ1n) is 24.2. The number of aliphatic hydroxyl groups excluding tert-OH is 2. The maximum atomic E-state index is 15.3. The Hall–Kier alpha value is -9.21. The number of unbranched alkanes of at least 4 members (excludes halogenated alkanes) is 1. The molecule has 414 valence electrons. The quantitative estimate of drug-likeness (QED) is 0.0897. The molecule has 5 aromatic rings. The van der Waals surface area contributed by atoms with Crippen molar-refractivity contribution in [3.8, 4) is 57.1 Å². The van der Waals surface area contributed by atoms with Gasteiger partial charge >= 0.3 is 5.97 Å². The van der Waals surface area contributed by atoms with Gasteiger partial charge in [-0.15, -0.1) is 0 Å². The van der Waals surface area contributed by atoms with E-state index in [-0.39, 0.29) is 45.2 Å². The second kappa shape index (κ2) is 23.2. The highest BCUT2D eigenvalue weighted by Crippen LogP contribution is 2.47. The molecule has 5 aromatic carbocycles. The van der Waals surface area contributed by atoms with Crippen LogP contribution in [-0.4, -0.2) is 114 Å². The number of nitrogens with two attached hydrogens (primary N) is 3. The third-order valence-electron chi connectivity index (χ3n) is 13.2. The minimum Gasteiger partial charge on any atom is -0.508 e. The molecule has 7 amide bonds. The van der Waals surface area contributed by atoms with E-state index in [0.717, 1.165) is 48.5 Å². The van der Waals surface area contributed by atoms with E-state index < -0.39 is 159 Å². The number of phenols is 4. The van der Waals surface area contributed by atoms with Crippen LogP contribution >= 0.6 is 11.6 Å². The number of aromatic hydroxyl groups is 4. The van der Waals surface area contributed by atoms with Gasteiger partial charge < -0.3 is 94.3 Å². The van der Waals surface area contributed by atoms with E-state index in [9.17, 15) is 69.3 Å². The first-order valence-corrected chi connectivity index (χ1v) is 24.6. The van der Waals surface area contributed by atoms with Crippen molar-refractivity contribution in [1.29, 1.82) is 0 Å². The number of nitrogens with one attached hydrogen (secondary N) is 6. The topological polar surface area (TPSA) is 447 Å². The van der Waals surface area contributed by atoms with Crippen LogP contribution in [0.5, 0.6) is 46.0 Å². The average Bonchev–Trinajstić information content (AvgIpc) is 3.44. The Morgan fingerprint density at radius 3 is 1.97 bits per heavy atom. The second-order valence-corrected chi connectivity index (χ2v) is 19.1. The predicted octanol–water partition coefficient (Wildman–Crippen LogP) is 0.564. The number of primary amides is 1. The van der Waals surface area contributed by atoms with E-state index >= 15 is 4.79 Å². The zero-order valence-electron chi connectivity index (χ0n) is 41.1. The fourth-order valence-corrected chi connectivity index (χ4v) is 9.35. The fraction of sp³-hybridized carbons (Fsp3) is 0.269. The smallest absolute Gasteiger partial charge is 0.330 e. The molecule has 26 nitrogen and oxygen atoms in total. The van der Waals surface area contributed by atoms with Crippen LogP contribution in [0.25, 0.3) is 11.1 Å². The van der Waals surface area contributed by atoms with Crippen molar-refractivity contribution in [1.82, 2.24) is 31.9 Å². The number of hydrogen-bond donors (Lipinski definition) is 16. The van der Waals surface area contributed by atoms with Gasteiger partial charge in [-0.25, -0.2) is 4.79 Å². The number of ether oxygens (including phenoxy) is 2. The van der Waals surface area contributed by atoms with Crippen LogP contribution in [0.3, 0.4) is 0 Å². The minimum atomic E-state index is -2.15. The van der Waals surface area contributed by atoms with Gasteiger partial charge in [-0.3, -0.25) is 33.6 Å². The van der Waals surface area contributed by atoms with Crippen molar-refractivity contribution in [2.24, 2.45) is 17.2 Å². The molecule has 0 fully saturated rings. The van der Waals surface area contributed by atoms with Gasteiger partial charge in [0.2, 0.25) is 47.1 Å². The molecule has 0 spiro atoms. The van der Waals surface area contributed by atoms with Crippen LogP contribution in [-0.2, 0) is 38.4 Å². The zero-order valence-corrected chi connectivity index (χ0v) is 41.9. The van der Waals surface area contributed by atoms with Crippen molar-refractivity contribution in [3.63, 3.8) is 0 Å². The number of carboxylic acid groups (broad SMARTS) is 1. The third kappa shape index (κ3) is 12.0. The summed E-state index contributed by atoms with van der Waals surface area (Å²) >= 11 is 6.72. The monoisotopic (exact) mass is 1110 g/mol. The van der Waals surface area contributed by atoms with Gasteiger partial charge in [-0.2, -0.15) is 0 Å². The Morgan fingerprint density at radius 1 is 0.658 bits per heavy atom. The maximum Gasteiger partial charge on any atom is 0.330 e. The number of carbonyl (C=O) groups excluding carboxylic acids is 7. The summed E-state index contributed by atoms with van der Waals surface area (Å²) in [7, 11) is 0. The third-order valence-corrected chi connectivity index (χ3v) is 13.5. The van der Waals surface area contributed by atoms with Crippen LogP contribution in [0.4, 0.5) is 0 Å². The van der Waals surface area contributed by atoms with Crippen LogP contribution in [0.15, 0.2) is 84.9 Å². The summed E-state index contributed by atoms with van der Waals surface area (Å²) in [6, 6.07) is 1.91. The van der Waals surface area contributed by atoms with Gasteiger partial charge in [0.15, 0.2) is 17.5 Å². The minimum absolute atomic E-state index is 0.0867. The Morgan fingerprint density at radius 2 is 1.30 bits per heavy atom. The Bertz CT molecular complexity index is 3290. The highest BCUT2D eigenvalue weighted by Gasteiger charge is 2.41. The molecule has 5 aliphatic rings. The summed E-state index contributed by atoms with van der Waals surface area (Å²) in [5.41, 5.74) is 15.2. The predicted molar refractivity (Wildman–Crippen MR) is 274 cm³/mol. The molecule has 5 aliphatic heterocycles. The summed E-state index contributed by atoms with van der Waals surface area (Å²) in [4.78, 5) is 113. The normalized spacial score (nSPS) is 22.5.